The zero-order chi connectivity index (χ0) is 15.2. The van der Waals surface area contributed by atoms with Crippen LogP contribution < -0.4 is 14.8 Å². The van der Waals surface area contributed by atoms with Gasteiger partial charge >= 0.3 is 0 Å². The number of carbonyl (C=O) groups excluding carboxylic acids is 1. The second-order valence-electron chi connectivity index (χ2n) is 4.23. The number of aromatic nitrogens is 1. The summed E-state index contributed by atoms with van der Waals surface area (Å²) < 4.78 is 10.3. The third kappa shape index (κ3) is 3.49. The van der Waals surface area contributed by atoms with E-state index in [1.54, 1.807) is 30.3 Å². The number of benzene rings is 1. The zero-order valence-electron chi connectivity index (χ0n) is 11.8. The molecule has 1 aromatic carbocycles. The van der Waals surface area contributed by atoms with E-state index in [2.05, 4.69) is 10.3 Å². The van der Waals surface area contributed by atoms with Gasteiger partial charge in [0.15, 0.2) is 11.5 Å². The Morgan fingerprint density at radius 3 is 2.52 bits per heavy atom. The highest BCUT2D eigenvalue weighted by Crippen LogP contribution is 2.27. The summed E-state index contributed by atoms with van der Waals surface area (Å²) in [6.45, 7) is -0.0864. The Bertz CT molecular complexity index is 626. The lowest BCUT2D eigenvalue weighted by Crippen LogP contribution is -2.13. The van der Waals surface area contributed by atoms with Crippen LogP contribution in [0.3, 0.4) is 0 Å². The summed E-state index contributed by atoms with van der Waals surface area (Å²) in [6, 6.07) is 8.21. The van der Waals surface area contributed by atoms with Crippen molar-refractivity contribution in [3.05, 3.63) is 47.7 Å². The summed E-state index contributed by atoms with van der Waals surface area (Å²) in [6.07, 6.45) is 1.50. The molecule has 0 saturated carbocycles. The molecule has 110 valence electrons. The third-order valence-corrected chi connectivity index (χ3v) is 2.89. The van der Waals surface area contributed by atoms with Gasteiger partial charge in [-0.25, -0.2) is 4.98 Å². The van der Waals surface area contributed by atoms with Crippen molar-refractivity contribution >= 4 is 11.7 Å². The number of hydrogen-bond acceptors (Lipinski definition) is 5. The molecule has 1 heterocycles. The largest absolute Gasteiger partial charge is 0.493 e. The van der Waals surface area contributed by atoms with E-state index in [-0.39, 0.29) is 12.5 Å². The summed E-state index contributed by atoms with van der Waals surface area (Å²) in [5.41, 5.74) is 1.11. The topological polar surface area (TPSA) is 80.7 Å². The number of nitrogens with zero attached hydrogens (tertiary/aromatic N) is 1. The standard InChI is InChI=1S/C15H16N2O4/c1-20-12-5-4-11(7-13(12)21-2)15(19)17-14-6-3-10(9-18)8-16-14/h3-8,18H,9H2,1-2H3,(H,16,17,19). The van der Waals surface area contributed by atoms with Crippen LogP contribution in [0.1, 0.15) is 15.9 Å². The van der Waals surface area contributed by atoms with Gasteiger partial charge in [-0.1, -0.05) is 6.07 Å². The van der Waals surface area contributed by atoms with Gasteiger partial charge in [0, 0.05) is 11.8 Å². The fourth-order valence-corrected chi connectivity index (χ4v) is 1.76. The molecule has 0 aliphatic carbocycles. The lowest BCUT2D eigenvalue weighted by atomic mass is 10.2. The number of amides is 1. The summed E-state index contributed by atoms with van der Waals surface area (Å²) in [5, 5.41) is 11.6. The molecule has 2 rings (SSSR count). The molecule has 0 unspecified atom stereocenters. The van der Waals surface area contributed by atoms with E-state index in [1.807, 2.05) is 0 Å². The molecule has 6 nitrogen and oxygen atoms in total. The van der Waals surface area contributed by atoms with Gasteiger partial charge in [0.2, 0.25) is 0 Å². The Kier molecular flexibility index (Phi) is 4.73. The van der Waals surface area contributed by atoms with Gasteiger partial charge in [0.1, 0.15) is 5.82 Å². The SMILES string of the molecule is COc1ccc(C(=O)Nc2ccc(CO)cn2)cc1OC. The molecule has 0 spiro atoms. The van der Waals surface area contributed by atoms with Crippen LogP contribution in [0.5, 0.6) is 11.5 Å². The van der Waals surface area contributed by atoms with E-state index in [0.717, 1.165) is 0 Å². The maximum Gasteiger partial charge on any atom is 0.256 e. The predicted molar refractivity (Wildman–Crippen MR) is 77.7 cm³/mol. The Morgan fingerprint density at radius 2 is 1.95 bits per heavy atom. The third-order valence-electron chi connectivity index (χ3n) is 2.89. The number of carbonyl (C=O) groups is 1. The zero-order valence-corrected chi connectivity index (χ0v) is 11.8. The van der Waals surface area contributed by atoms with Crippen molar-refractivity contribution < 1.29 is 19.4 Å². The second kappa shape index (κ2) is 6.71. The van der Waals surface area contributed by atoms with E-state index < -0.39 is 0 Å². The normalized spacial score (nSPS) is 10.0. The minimum Gasteiger partial charge on any atom is -0.493 e. The van der Waals surface area contributed by atoms with Crippen molar-refractivity contribution in [2.45, 2.75) is 6.61 Å². The van der Waals surface area contributed by atoms with Crippen molar-refractivity contribution in [3.63, 3.8) is 0 Å². The Morgan fingerprint density at radius 1 is 1.19 bits per heavy atom. The number of aliphatic hydroxyl groups is 1. The number of methoxy groups -OCH3 is 2. The van der Waals surface area contributed by atoms with E-state index >= 15 is 0 Å². The molecular weight excluding hydrogens is 272 g/mol. The van der Waals surface area contributed by atoms with Crippen molar-refractivity contribution in [1.82, 2.24) is 4.98 Å². The fourth-order valence-electron chi connectivity index (χ4n) is 1.76. The first-order valence-electron chi connectivity index (χ1n) is 6.27. The maximum absolute atomic E-state index is 12.1. The van der Waals surface area contributed by atoms with E-state index in [0.29, 0.717) is 28.4 Å². The van der Waals surface area contributed by atoms with Crippen molar-refractivity contribution in [1.29, 1.82) is 0 Å². The molecule has 2 N–H and O–H groups in total. The molecule has 0 fully saturated rings. The Balaban J connectivity index is 2.15. The molecule has 1 amide bonds. The number of anilines is 1. The van der Waals surface area contributed by atoms with Crippen LogP contribution in [0, 0.1) is 0 Å². The number of aliphatic hydroxyl groups excluding tert-OH is 1. The van der Waals surface area contributed by atoms with Crippen molar-refractivity contribution in [3.8, 4) is 11.5 Å². The predicted octanol–water partition coefficient (Wildman–Crippen LogP) is 1.84. The van der Waals surface area contributed by atoms with Gasteiger partial charge in [0.25, 0.3) is 5.91 Å². The van der Waals surface area contributed by atoms with Crippen LogP contribution in [0.15, 0.2) is 36.5 Å². The van der Waals surface area contributed by atoms with Crippen LogP contribution >= 0.6 is 0 Å². The summed E-state index contributed by atoms with van der Waals surface area (Å²) in [4.78, 5) is 16.2. The molecule has 0 aliphatic heterocycles. The van der Waals surface area contributed by atoms with Gasteiger partial charge in [0.05, 0.1) is 20.8 Å². The van der Waals surface area contributed by atoms with Crippen LogP contribution in [0.2, 0.25) is 0 Å². The van der Waals surface area contributed by atoms with E-state index in [9.17, 15) is 4.79 Å². The Labute approximate surface area is 122 Å². The first kappa shape index (κ1) is 14.8. The van der Waals surface area contributed by atoms with Gasteiger partial charge in [-0.3, -0.25) is 4.79 Å². The molecule has 0 radical (unpaired) electrons. The Hall–Kier alpha value is -2.60. The van der Waals surface area contributed by atoms with E-state index in [4.69, 9.17) is 14.6 Å². The first-order valence-corrected chi connectivity index (χ1v) is 6.27. The number of pyridine rings is 1. The first-order chi connectivity index (χ1) is 10.2. The molecule has 21 heavy (non-hydrogen) atoms. The molecule has 0 atom stereocenters. The minimum absolute atomic E-state index is 0.0864. The lowest BCUT2D eigenvalue weighted by molar-refractivity contribution is 0.102. The highest BCUT2D eigenvalue weighted by atomic mass is 16.5. The van der Waals surface area contributed by atoms with Crippen LogP contribution in [0.25, 0.3) is 0 Å². The number of ether oxygens (including phenoxy) is 2. The number of rotatable bonds is 5. The monoisotopic (exact) mass is 288 g/mol. The highest BCUT2D eigenvalue weighted by Gasteiger charge is 2.11. The highest BCUT2D eigenvalue weighted by molar-refractivity contribution is 6.04. The average molecular weight is 288 g/mol. The van der Waals surface area contributed by atoms with Crippen molar-refractivity contribution in [2.75, 3.05) is 19.5 Å². The van der Waals surface area contributed by atoms with Crippen LogP contribution in [0.4, 0.5) is 5.82 Å². The molecule has 0 aliphatic rings. The number of nitrogens with one attached hydrogen (secondary N) is 1. The molecule has 0 saturated heterocycles. The van der Waals surface area contributed by atoms with Crippen LogP contribution in [-0.2, 0) is 6.61 Å². The summed E-state index contributed by atoms with van der Waals surface area (Å²) in [5.74, 6) is 1.14. The molecule has 2 aromatic rings. The van der Waals surface area contributed by atoms with Crippen LogP contribution in [-0.4, -0.2) is 30.2 Å². The molecule has 1 aromatic heterocycles. The molecule has 0 bridgehead atoms. The van der Waals surface area contributed by atoms with Gasteiger partial charge in [-0.05, 0) is 29.8 Å². The average Bonchev–Trinajstić information content (AvgIpc) is 2.54. The number of hydrogen-bond donors (Lipinski definition) is 2. The molecular formula is C15H16N2O4. The fraction of sp³-hybridized carbons (Fsp3) is 0.200. The van der Waals surface area contributed by atoms with Gasteiger partial charge in [-0.15, -0.1) is 0 Å². The summed E-state index contributed by atoms with van der Waals surface area (Å²) >= 11 is 0. The van der Waals surface area contributed by atoms with Crippen molar-refractivity contribution in [2.24, 2.45) is 0 Å². The minimum atomic E-state index is -0.305. The van der Waals surface area contributed by atoms with E-state index in [1.165, 1.54) is 20.4 Å². The summed E-state index contributed by atoms with van der Waals surface area (Å²) in [7, 11) is 3.04. The van der Waals surface area contributed by atoms with Gasteiger partial charge < -0.3 is 19.9 Å². The maximum atomic E-state index is 12.1. The second-order valence-corrected chi connectivity index (χ2v) is 4.23. The smallest absolute Gasteiger partial charge is 0.256 e. The lowest BCUT2D eigenvalue weighted by Gasteiger charge is -2.09. The quantitative estimate of drug-likeness (QED) is 0.877. The molecule has 6 heteroatoms. The van der Waals surface area contributed by atoms with Gasteiger partial charge in [-0.2, -0.15) is 0 Å².